The Hall–Kier alpha value is -1.32. The van der Waals surface area contributed by atoms with Gasteiger partial charge in [0.1, 0.15) is 0 Å². The maximum absolute atomic E-state index is 11.9. The number of aromatic carboxylic acids is 1. The molecular formula is C16H15Cl2NO2. The van der Waals surface area contributed by atoms with Crippen LogP contribution in [0.25, 0.3) is 10.9 Å². The van der Waals surface area contributed by atoms with Crippen LogP contribution in [0.4, 0.5) is 0 Å². The van der Waals surface area contributed by atoms with Crippen LogP contribution in [0.1, 0.15) is 60.1 Å². The first-order valence-corrected chi connectivity index (χ1v) is 7.72. The monoisotopic (exact) mass is 323 g/mol. The van der Waals surface area contributed by atoms with Crippen molar-refractivity contribution < 1.29 is 9.90 Å². The third kappa shape index (κ3) is 2.19. The fourth-order valence-electron chi connectivity index (χ4n) is 3.21. The minimum atomic E-state index is -0.969. The predicted molar refractivity (Wildman–Crippen MR) is 84.8 cm³/mol. The number of carboxylic acids is 1. The van der Waals surface area contributed by atoms with Gasteiger partial charge in [0.15, 0.2) is 0 Å². The number of fused-ring (bicyclic) bond motifs is 2. The molecule has 1 aromatic carbocycles. The molecule has 0 aliphatic heterocycles. The number of benzene rings is 1. The van der Waals surface area contributed by atoms with E-state index in [1.807, 2.05) is 6.92 Å². The number of nitrogens with zero attached hydrogens (tertiary/aromatic N) is 1. The molecule has 0 saturated heterocycles. The number of carbonyl (C=O) groups is 1. The molecule has 110 valence electrons. The topological polar surface area (TPSA) is 50.2 Å². The Balaban J connectivity index is 2.53. The number of hydrogen-bond donors (Lipinski definition) is 1. The van der Waals surface area contributed by atoms with Gasteiger partial charge >= 0.3 is 5.97 Å². The van der Waals surface area contributed by atoms with Gasteiger partial charge in [-0.15, -0.1) is 0 Å². The highest BCUT2D eigenvalue weighted by Gasteiger charge is 2.31. The second kappa shape index (κ2) is 5.15. The lowest BCUT2D eigenvalue weighted by molar-refractivity contribution is 0.0696. The minimum Gasteiger partial charge on any atom is -0.478 e. The quantitative estimate of drug-likeness (QED) is 0.780. The van der Waals surface area contributed by atoms with Gasteiger partial charge in [-0.3, -0.25) is 4.98 Å². The normalized spacial score (nSPS) is 21.3. The first-order chi connectivity index (χ1) is 9.91. The van der Waals surface area contributed by atoms with Gasteiger partial charge in [-0.1, -0.05) is 37.0 Å². The summed E-state index contributed by atoms with van der Waals surface area (Å²) in [6.07, 6.45) is 1.96. The first kappa shape index (κ1) is 14.6. The van der Waals surface area contributed by atoms with Crippen LogP contribution in [-0.4, -0.2) is 16.1 Å². The fourth-order valence-corrected chi connectivity index (χ4v) is 3.66. The van der Waals surface area contributed by atoms with Crippen LogP contribution in [0.2, 0.25) is 10.0 Å². The second-order valence-electron chi connectivity index (χ2n) is 5.72. The average Bonchev–Trinajstić information content (AvgIpc) is 2.45. The van der Waals surface area contributed by atoms with Crippen LogP contribution in [0.15, 0.2) is 12.1 Å². The maximum atomic E-state index is 11.9. The lowest BCUT2D eigenvalue weighted by atomic mass is 9.78. The summed E-state index contributed by atoms with van der Waals surface area (Å²) in [4.78, 5) is 16.5. The molecular weight excluding hydrogens is 309 g/mol. The highest BCUT2D eigenvalue weighted by molar-refractivity contribution is 6.41. The van der Waals surface area contributed by atoms with E-state index in [1.54, 1.807) is 12.1 Å². The second-order valence-corrected chi connectivity index (χ2v) is 6.54. The number of carboxylic acid groups (broad SMARTS) is 1. The summed E-state index contributed by atoms with van der Waals surface area (Å²) in [6, 6.07) is 3.29. The van der Waals surface area contributed by atoms with Gasteiger partial charge < -0.3 is 5.11 Å². The van der Waals surface area contributed by atoms with Crippen molar-refractivity contribution in [2.45, 2.75) is 38.5 Å². The Morgan fingerprint density at radius 1 is 1.19 bits per heavy atom. The zero-order chi connectivity index (χ0) is 15.3. The molecule has 3 nitrogen and oxygen atoms in total. The fraction of sp³-hybridized carbons (Fsp3) is 0.375. The Bertz CT molecular complexity index is 758. The molecule has 2 aromatic rings. The van der Waals surface area contributed by atoms with E-state index in [0.717, 1.165) is 24.1 Å². The summed E-state index contributed by atoms with van der Waals surface area (Å²) in [7, 11) is 0. The van der Waals surface area contributed by atoms with Crippen LogP contribution < -0.4 is 0 Å². The van der Waals surface area contributed by atoms with E-state index >= 15 is 0 Å². The van der Waals surface area contributed by atoms with E-state index < -0.39 is 5.97 Å². The summed E-state index contributed by atoms with van der Waals surface area (Å²) >= 11 is 12.5. The van der Waals surface area contributed by atoms with Crippen LogP contribution in [0.3, 0.4) is 0 Å². The lowest BCUT2D eigenvalue weighted by Gasteiger charge is -2.29. The molecule has 3 rings (SSSR count). The smallest absolute Gasteiger partial charge is 0.336 e. The molecule has 2 atom stereocenters. The summed E-state index contributed by atoms with van der Waals surface area (Å²) in [5.74, 6) is -0.577. The van der Waals surface area contributed by atoms with Gasteiger partial charge in [-0.05, 0) is 42.4 Å². The number of hydrogen-bond acceptors (Lipinski definition) is 2. The van der Waals surface area contributed by atoms with Gasteiger partial charge in [-0.2, -0.15) is 0 Å². The van der Waals surface area contributed by atoms with E-state index in [2.05, 4.69) is 11.9 Å². The van der Waals surface area contributed by atoms with E-state index in [0.29, 0.717) is 20.9 Å². The molecule has 1 aromatic heterocycles. The van der Waals surface area contributed by atoms with E-state index in [1.165, 1.54) is 0 Å². The Morgan fingerprint density at radius 2 is 1.81 bits per heavy atom. The van der Waals surface area contributed by atoms with Crippen molar-refractivity contribution in [3.63, 3.8) is 0 Å². The van der Waals surface area contributed by atoms with Gasteiger partial charge in [0.2, 0.25) is 0 Å². The molecule has 1 aliphatic carbocycles. The zero-order valence-electron chi connectivity index (χ0n) is 11.8. The minimum absolute atomic E-state index is 0.161. The third-order valence-electron chi connectivity index (χ3n) is 4.31. The first-order valence-electron chi connectivity index (χ1n) is 6.96. The van der Waals surface area contributed by atoms with Crippen LogP contribution >= 0.6 is 23.2 Å². The Kier molecular flexibility index (Phi) is 3.58. The van der Waals surface area contributed by atoms with E-state index in [-0.39, 0.29) is 17.4 Å². The van der Waals surface area contributed by atoms with E-state index in [4.69, 9.17) is 23.2 Å². The largest absolute Gasteiger partial charge is 0.478 e. The molecule has 21 heavy (non-hydrogen) atoms. The highest BCUT2D eigenvalue weighted by Crippen LogP contribution is 2.43. The van der Waals surface area contributed by atoms with Crippen molar-refractivity contribution in [3.8, 4) is 0 Å². The molecule has 1 aliphatic rings. The molecule has 0 radical (unpaired) electrons. The molecule has 0 saturated carbocycles. The number of aromatic nitrogens is 1. The summed E-state index contributed by atoms with van der Waals surface area (Å²) in [5.41, 5.74) is 2.42. The summed E-state index contributed by atoms with van der Waals surface area (Å²) in [6.45, 7) is 4.12. The van der Waals surface area contributed by atoms with Crippen molar-refractivity contribution >= 4 is 40.1 Å². The zero-order valence-corrected chi connectivity index (χ0v) is 13.3. The van der Waals surface area contributed by atoms with Gasteiger partial charge in [0.05, 0.1) is 21.1 Å². The number of rotatable bonds is 1. The standard InChI is InChI=1S/C16H15Cl2NO2/c1-7-3-4-8(2)14-11(7)13(16(20)21)12-9(17)5-6-10(18)15(12)19-14/h5-8H,3-4H2,1-2H3,(H,20,21). The highest BCUT2D eigenvalue weighted by atomic mass is 35.5. The molecule has 1 N–H and O–H groups in total. The molecule has 0 fully saturated rings. The number of pyridine rings is 1. The molecule has 2 unspecified atom stereocenters. The molecule has 0 bridgehead atoms. The van der Waals surface area contributed by atoms with Crippen LogP contribution in [0, 0.1) is 0 Å². The van der Waals surface area contributed by atoms with Crippen LogP contribution in [0.5, 0.6) is 0 Å². The summed E-state index contributed by atoms with van der Waals surface area (Å²) in [5, 5.41) is 11.0. The van der Waals surface area contributed by atoms with E-state index in [9.17, 15) is 9.90 Å². The summed E-state index contributed by atoms with van der Waals surface area (Å²) < 4.78 is 0. The van der Waals surface area contributed by atoms with Crippen molar-refractivity contribution in [2.75, 3.05) is 0 Å². The Morgan fingerprint density at radius 3 is 2.48 bits per heavy atom. The lowest BCUT2D eigenvalue weighted by Crippen LogP contribution is -2.18. The SMILES string of the molecule is CC1CCC(C)c2c1nc1c(Cl)ccc(Cl)c1c2C(=O)O. The molecule has 1 heterocycles. The molecule has 0 spiro atoms. The predicted octanol–water partition coefficient (Wildman–Crippen LogP) is 5.24. The maximum Gasteiger partial charge on any atom is 0.336 e. The van der Waals surface area contributed by atoms with Gasteiger partial charge in [0.25, 0.3) is 0 Å². The van der Waals surface area contributed by atoms with Crippen molar-refractivity contribution in [1.29, 1.82) is 0 Å². The van der Waals surface area contributed by atoms with Crippen LogP contribution in [-0.2, 0) is 0 Å². The van der Waals surface area contributed by atoms with Crippen molar-refractivity contribution in [1.82, 2.24) is 4.98 Å². The van der Waals surface area contributed by atoms with Crippen molar-refractivity contribution in [3.05, 3.63) is 39.0 Å². The van der Waals surface area contributed by atoms with Gasteiger partial charge in [0, 0.05) is 11.1 Å². The van der Waals surface area contributed by atoms with Crippen molar-refractivity contribution in [2.24, 2.45) is 0 Å². The van der Waals surface area contributed by atoms with Gasteiger partial charge in [-0.25, -0.2) is 4.79 Å². The Labute approximate surface area is 132 Å². The molecule has 5 heteroatoms. The molecule has 0 amide bonds. The average molecular weight is 324 g/mol. The third-order valence-corrected chi connectivity index (χ3v) is 4.93. The number of halogens is 2.